The van der Waals surface area contributed by atoms with Crippen molar-refractivity contribution in [2.24, 2.45) is 4.99 Å². The number of aliphatic imine (C=N–C) groups is 1. The Balaban J connectivity index is 2.01. The lowest BCUT2D eigenvalue weighted by Crippen LogP contribution is -2.35. The van der Waals surface area contributed by atoms with E-state index in [2.05, 4.69) is 22.4 Å². The van der Waals surface area contributed by atoms with Gasteiger partial charge < -0.3 is 0 Å². The van der Waals surface area contributed by atoms with Gasteiger partial charge in [0.2, 0.25) is 5.78 Å². The standard InChI is InChI=1S/C12H11N3O/c1-9-7-8-11(16)12(13-9)15-14-10-5-3-2-4-6-10/h2-8,14H,1H2,(H,13,15). The molecule has 0 saturated heterocycles. The van der Waals surface area contributed by atoms with E-state index in [1.54, 1.807) is 6.08 Å². The first kappa shape index (κ1) is 10.2. The predicted octanol–water partition coefficient (Wildman–Crippen LogP) is 1.65. The highest BCUT2D eigenvalue weighted by Crippen LogP contribution is 2.05. The van der Waals surface area contributed by atoms with Crippen molar-refractivity contribution in [2.75, 3.05) is 5.43 Å². The van der Waals surface area contributed by atoms with Crippen LogP contribution in [0.15, 0.2) is 59.8 Å². The third-order valence-electron chi connectivity index (χ3n) is 2.01. The van der Waals surface area contributed by atoms with Crippen molar-refractivity contribution in [3.63, 3.8) is 0 Å². The lowest BCUT2D eigenvalue weighted by molar-refractivity contribution is -0.109. The molecule has 0 bridgehead atoms. The quantitative estimate of drug-likeness (QED) is 0.734. The molecule has 16 heavy (non-hydrogen) atoms. The zero-order valence-corrected chi connectivity index (χ0v) is 8.60. The van der Waals surface area contributed by atoms with Crippen LogP contribution in [0.3, 0.4) is 0 Å². The molecule has 4 nitrogen and oxygen atoms in total. The summed E-state index contributed by atoms with van der Waals surface area (Å²) in [7, 11) is 0. The Morgan fingerprint density at radius 1 is 1.06 bits per heavy atom. The molecule has 0 amide bonds. The maximum Gasteiger partial charge on any atom is 0.222 e. The van der Waals surface area contributed by atoms with Gasteiger partial charge in [0.05, 0.1) is 11.4 Å². The minimum absolute atomic E-state index is 0.171. The van der Waals surface area contributed by atoms with Crippen LogP contribution in [0.1, 0.15) is 0 Å². The third kappa shape index (κ3) is 2.36. The Bertz CT molecular complexity index is 474. The molecule has 1 aromatic carbocycles. The average molecular weight is 213 g/mol. The summed E-state index contributed by atoms with van der Waals surface area (Å²) in [6, 6.07) is 9.47. The summed E-state index contributed by atoms with van der Waals surface area (Å²) in [6.07, 6.45) is 3.01. The number of carbonyl (C=O) groups is 1. The van der Waals surface area contributed by atoms with Crippen molar-refractivity contribution in [3.05, 3.63) is 54.8 Å². The summed E-state index contributed by atoms with van der Waals surface area (Å²) >= 11 is 0. The van der Waals surface area contributed by atoms with Gasteiger partial charge in [-0.1, -0.05) is 24.8 Å². The van der Waals surface area contributed by atoms with Crippen molar-refractivity contribution < 1.29 is 4.79 Å². The summed E-state index contributed by atoms with van der Waals surface area (Å²) in [5, 5.41) is 0. The maximum absolute atomic E-state index is 11.4. The number of hydrogen-bond donors (Lipinski definition) is 2. The van der Waals surface area contributed by atoms with Gasteiger partial charge in [-0.2, -0.15) is 0 Å². The molecule has 0 aromatic heterocycles. The Morgan fingerprint density at radius 2 is 1.81 bits per heavy atom. The number of allylic oxidation sites excluding steroid dienone is 1. The van der Waals surface area contributed by atoms with Gasteiger partial charge >= 0.3 is 0 Å². The van der Waals surface area contributed by atoms with Gasteiger partial charge in [-0.05, 0) is 24.3 Å². The van der Waals surface area contributed by atoms with Crippen molar-refractivity contribution >= 4 is 17.3 Å². The predicted molar refractivity (Wildman–Crippen MR) is 63.9 cm³/mol. The second kappa shape index (κ2) is 4.44. The number of dihydropyridines is 1. The number of anilines is 1. The van der Waals surface area contributed by atoms with Crippen LogP contribution >= 0.6 is 0 Å². The Morgan fingerprint density at radius 3 is 2.56 bits per heavy atom. The highest BCUT2D eigenvalue weighted by atomic mass is 16.1. The van der Waals surface area contributed by atoms with Crippen LogP contribution in [0.25, 0.3) is 0 Å². The number of nitrogens with zero attached hydrogens (tertiary/aromatic N) is 1. The van der Waals surface area contributed by atoms with Gasteiger partial charge in [0.1, 0.15) is 0 Å². The molecule has 0 atom stereocenters. The monoisotopic (exact) mass is 213 g/mol. The second-order valence-corrected chi connectivity index (χ2v) is 3.27. The van der Waals surface area contributed by atoms with Crippen molar-refractivity contribution in [1.29, 1.82) is 0 Å². The average Bonchev–Trinajstić information content (AvgIpc) is 2.32. The van der Waals surface area contributed by atoms with E-state index in [4.69, 9.17) is 0 Å². The van der Waals surface area contributed by atoms with E-state index in [0.29, 0.717) is 5.70 Å². The summed E-state index contributed by atoms with van der Waals surface area (Å²) in [5.74, 6) is 0.0761. The topological polar surface area (TPSA) is 53.5 Å². The maximum atomic E-state index is 11.4. The number of ketones is 1. The first-order valence-corrected chi connectivity index (χ1v) is 4.83. The first-order chi connectivity index (χ1) is 7.75. The van der Waals surface area contributed by atoms with Crippen LogP contribution < -0.4 is 10.9 Å². The van der Waals surface area contributed by atoms with Crippen molar-refractivity contribution in [3.8, 4) is 0 Å². The Hall–Kier alpha value is -2.36. The Labute approximate surface area is 93.4 Å². The van der Waals surface area contributed by atoms with Crippen LogP contribution in [0.4, 0.5) is 5.69 Å². The van der Waals surface area contributed by atoms with E-state index in [1.807, 2.05) is 30.3 Å². The molecule has 4 heteroatoms. The molecule has 1 aliphatic rings. The smallest absolute Gasteiger partial charge is 0.222 e. The summed E-state index contributed by atoms with van der Waals surface area (Å²) in [4.78, 5) is 15.4. The molecule has 1 aliphatic heterocycles. The molecule has 0 unspecified atom stereocenters. The van der Waals surface area contributed by atoms with Crippen molar-refractivity contribution in [1.82, 2.24) is 5.43 Å². The lowest BCUT2D eigenvalue weighted by atomic mass is 10.2. The third-order valence-corrected chi connectivity index (χ3v) is 2.01. The highest BCUT2D eigenvalue weighted by molar-refractivity contribution is 6.44. The number of benzene rings is 1. The summed E-state index contributed by atoms with van der Waals surface area (Å²) < 4.78 is 0. The molecule has 1 aromatic rings. The molecule has 0 fully saturated rings. The number of para-hydroxylation sites is 1. The first-order valence-electron chi connectivity index (χ1n) is 4.83. The van der Waals surface area contributed by atoms with Gasteiger partial charge in [0, 0.05) is 0 Å². The van der Waals surface area contributed by atoms with E-state index >= 15 is 0 Å². The van der Waals surface area contributed by atoms with E-state index < -0.39 is 0 Å². The molecule has 80 valence electrons. The van der Waals surface area contributed by atoms with Gasteiger partial charge in [0.25, 0.3) is 0 Å². The molecule has 1 heterocycles. The van der Waals surface area contributed by atoms with Crippen LogP contribution in [0.5, 0.6) is 0 Å². The van der Waals surface area contributed by atoms with Gasteiger partial charge in [-0.3, -0.25) is 15.6 Å². The van der Waals surface area contributed by atoms with E-state index in [9.17, 15) is 4.79 Å². The lowest BCUT2D eigenvalue weighted by Gasteiger charge is -2.12. The normalized spacial score (nSPS) is 14.6. The minimum atomic E-state index is -0.171. The van der Waals surface area contributed by atoms with Crippen molar-refractivity contribution in [2.45, 2.75) is 0 Å². The van der Waals surface area contributed by atoms with E-state index in [1.165, 1.54) is 6.08 Å². The fourth-order valence-electron chi connectivity index (χ4n) is 1.23. The van der Waals surface area contributed by atoms with E-state index in [0.717, 1.165) is 5.69 Å². The molecule has 0 radical (unpaired) electrons. The second-order valence-electron chi connectivity index (χ2n) is 3.27. The van der Waals surface area contributed by atoms with Gasteiger partial charge in [-0.15, -0.1) is 0 Å². The number of amidine groups is 1. The van der Waals surface area contributed by atoms with Crippen LogP contribution in [-0.4, -0.2) is 11.6 Å². The molecule has 2 N–H and O–H groups in total. The molecular formula is C12H11N3O. The van der Waals surface area contributed by atoms with Crippen LogP contribution in [-0.2, 0) is 4.79 Å². The van der Waals surface area contributed by atoms with Crippen LogP contribution in [0, 0.1) is 0 Å². The SMILES string of the molecule is C=C1C=CC(=O)C(NNc2ccccc2)=N1. The zero-order valence-electron chi connectivity index (χ0n) is 8.60. The summed E-state index contributed by atoms with van der Waals surface area (Å²) in [5.41, 5.74) is 7.06. The van der Waals surface area contributed by atoms with Gasteiger partial charge in [-0.25, -0.2) is 4.99 Å². The number of hydrazine groups is 1. The van der Waals surface area contributed by atoms with Crippen LogP contribution in [0.2, 0.25) is 0 Å². The zero-order chi connectivity index (χ0) is 11.4. The summed E-state index contributed by atoms with van der Waals surface area (Å²) in [6.45, 7) is 3.66. The number of hydrogen-bond acceptors (Lipinski definition) is 4. The van der Waals surface area contributed by atoms with Gasteiger partial charge in [0.15, 0.2) is 5.84 Å². The van der Waals surface area contributed by atoms with E-state index in [-0.39, 0.29) is 11.6 Å². The number of carbonyl (C=O) groups excluding carboxylic acids is 1. The molecule has 0 aliphatic carbocycles. The molecule has 2 rings (SSSR count). The number of rotatable bonds is 2. The Kier molecular flexibility index (Phi) is 2.82. The molecular weight excluding hydrogens is 202 g/mol. The molecule has 0 saturated carbocycles. The highest BCUT2D eigenvalue weighted by Gasteiger charge is 2.11. The minimum Gasteiger partial charge on any atom is -0.300 e. The molecule has 0 spiro atoms. The largest absolute Gasteiger partial charge is 0.300 e. The fraction of sp³-hybridized carbons (Fsp3) is 0. The number of nitrogens with one attached hydrogen (secondary N) is 2. The fourth-order valence-corrected chi connectivity index (χ4v) is 1.23.